The average molecular weight is 506 g/mol. The molecule has 36 heavy (non-hydrogen) atoms. The number of carbonyl (C=O) groups excluding carboxylic acids is 1. The molecular weight excluding hydrogens is 478 g/mol. The number of aromatic nitrogens is 2. The summed E-state index contributed by atoms with van der Waals surface area (Å²) >= 11 is 1.28. The van der Waals surface area contributed by atoms with Crippen LogP contribution in [-0.4, -0.2) is 29.3 Å². The number of hydrogen-bond donors (Lipinski definition) is 0. The molecule has 0 saturated carbocycles. The minimum Gasteiger partial charge on any atom is -0.490 e. The topological polar surface area (TPSA) is 94.8 Å². The van der Waals surface area contributed by atoms with Gasteiger partial charge in [-0.1, -0.05) is 43.4 Å². The Balaban J connectivity index is 1.67. The summed E-state index contributed by atoms with van der Waals surface area (Å²) in [5, 5.41) is 9.83. The first-order valence-corrected chi connectivity index (χ1v) is 12.8. The molecule has 5 rings (SSSR count). The van der Waals surface area contributed by atoms with Crippen LogP contribution in [0.5, 0.6) is 11.5 Å². The molecule has 0 aliphatic carbocycles. The van der Waals surface area contributed by atoms with Crippen LogP contribution in [0.3, 0.4) is 0 Å². The number of nitrogens with zero attached hydrogens (tertiary/aromatic N) is 3. The van der Waals surface area contributed by atoms with Crippen molar-refractivity contribution >= 4 is 33.3 Å². The van der Waals surface area contributed by atoms with E-state index in [2.05, 4.69) is 24.0 Å². The molecule has 0 radical (unpaired) electrons. The van der Waals surface area contributed by atoms with Crippen LogP contribution in [-0.2, 0) is 0 Å². The Morgan fingerprint density at radius 3 is 2.61 bits per heavy atom. The Labute approximate surface area is 212 Å². The maximum Gasteiger partial charge on any atom is 0.297 e. The zero-order valence-corrected chi connectivity index (χ0v) is 21.4. The molecule has 0 saturated heterocycles. The van der Waals surface area contributed by atoms with E-state index in [1.165, 1.54) is 16.2 Å². The maximum absolute atomic E-state index is 13.7. The van der Waals surface area contributed by atoms with Crippen molar-refractivity contribution in [1.82, 2.24) is 10.2 Å². The Hall–Kier alpha value is -3.72. The van der Waals surface area contributed by atoms with Crippen molar-refractivity contribution in [3.05, 3.63) is 74.6 Å². The van der Waals surface area contributed by atoms with E-state index in [1.807, 2.05) is 32.0 Å². The fourth-order valence-corrected chi connectivity index (χ4v) is 5.02. The smallest absolute Gasteiger partial charge is 0.297 e. The quantitative estimate of drug-likeness (QED) is 0.311. The molecule has 4 aromatic rings. The van der Waals surface area contributed by atoms with Crippen LogP contribution in [0.2, 0.25) is 0 Å². The summed E-state index contributed by atoms with van der Waals surface area (Å²) < 4.78 is 17.9. The SMILES string of the molecule is CCOc1cc([C@@H]2c3c(oc4ccccc4c3=O)C(=O)N2c2nnc(C)s2)ccc1OCCC(C)C. The summed E-state index contributed by atoms with van der Waals surface area (Å²) in [6.07, 6.45) is 0.913. The largest absolute Gasteiger partial charge is 0.490 e. The molecule has 0 fully saturated rings. The fourth-order valence-electron chi connectivity index (χ4n) is 4.30. The Bertz CT molecular complexity index is 1490. The van der Waals surface area contributed by atoms with Crippen molar-refractivity contribution in [2.45, 2.75) is 40.2 Å². The second-order valence-electron chi connectivity index (χ2n) is 9.02. The van der Waals surface area contributed by atoms with E-state index in [0.29, 0.717) is 57.3 Å². The number of para-hydroxylation sites is 1. The molecule has 0 bridgehead atoms. The van der Waals surface area contributed by atoms with E-state index in [-0.39, 0.29) is 16.8 Å². The lowest BCUT2D eigenvalue weighted by Crippen LogP contribution is -2.29. The van der Waals surface area contributed by atoms with Gasteiger partial charge in [0.15, 0.2) is 16.9 Å². The highest BCUT2D eigenvalue weighted by Gasteiger charge is 2.45. The first kappa shape index (κ1) is 24.0. The van der Waals surface area contributed by atoms with Gasteiger partial charge in [0, 0.05) is 0 Å². The molecular formula is C27H27N3O5S. The van der Waals surface area contributed by atoms with E-state index in [4.69, 9.17) is 13.9 Å². The normalized spacial score (nSPS) is 15.1. The third kappa shape index (κ3) is 4.24. The second-order valence-corrected chi connectivity index (χ2v) is 10.2. The molecule has 2 aromatic heterocycles. The molecule has 1 aliphatic rings. The number of aryl methyl sites for hydroxylation is 1. The summed E-state index contributed by atoms with van der Waals surface area (Å²) in [6, 6.07) is 11.7. The van der Waals surface area contributed by atoms with Gasteiger partial charge in [0.05, 0.1) is 30.2 Å². The lowest BCUT2D eigenvalue weighted by molar-refractivity contribution is 0.0970. The molecule has 1 atom stereocenters. The molecule has 2 aromatic carbocycles. The predicted molar refractivity (Wildman–Crippen MR) is 138 cm³/mol. The summed E-state index contributed by atoms with van der Waals surface area (Å²) in [5.41, 5.74) is 1.09. The molecule has 1 amide bonds. The Morgan fingerprint density at radius 1 is 1.08 bits per heavy atom. The Morgan fingerprint density at radius 2 is 1.89 bits per heavy atom. The van der Waals surface area contributed by atoms with Crippen LogP contribution in [0.25, 0.3) is 11.0 Å². The van der Waals surface area contributed by atoms with Crippen LogP contribution < -0.4 is 19.8 Å². The number of anilines is 1. The van der Waals surface area contributed by atoms with Crippen molar-refractivity contribution in [1.29, 1.82) is 0 Å². The number of hydrogen-bond acceptors (Lipinski definition) is 8. The van der Waals surface area contributed by atoms with Crippen LogP contribution in [0, 0.1) is 12.8 Å². The van der Waals surface area contributed by atoms with Crippen molar-refractivity contribution in [3.63, 3.8) is 0 Å². The number of amides is 1. The van der Waals surface area contributed by atoms with Gasteiger partial charge in [-0.05, 0) is 56.0 Å². The summed E-state index contributed by atoms with van der Waals surface area (Å²) in [7, 11) is 0. The van der Waals surface area contributed by atoms with Gasteiger partial charge < -0.3 is 13.9 Å². The lowest BCUT2D eigenvalue weighted by atomic mass is 9.98. The van der Waals surface area contributed by atoms with Crippen molar-refractivity contribution in [2.24, 2.45) is 5.92 Å². The van der Waals surface area contributed by atoms with Gasteiger partial charge in [0.2, 0.25) is 10.9 Å². The molecule has 186 valence electrons. The molecule has 0 unspecified atom stereocenters. The van der Waals surface area contributed by atoms with Gasteiger partial charge >= 0.3 is 0 Å². The van der Waals surface area contributed by atoms with Gasteiger partial charge in [-0.15, -0.1) is 10.2 Å². The number of rotatable bonds is 8. The third-order valence-electron chi connectivity index (χ3n) is 6.04. The first-order chi connectivity index (χ1) is 17.4. The van der Waals surface area contributed by atoms with Crippen molar-refractivity contribution in [2.75, 3.05) is 18.1 Å². The van der Waals surface area contributed by atoms with E-state index in [0.717, 1.165) is 6.42 Å². The number of benzene rings is 2. The number of carbonyl (C=O) groups is 1. The highest BCUT2D eigenvalue weighted by atomic mass is 32.1. The lowest BCUT2D eigenvalue weighted by Gasteiger charge is -2.23. The van der Waals surface area contributed by atoms with Crippen LogP contribution in [0.1, 0.15) is 59.9 Å². The zero-order valence-electron chi connectivity index (χ0n) is 20.6. The first-order valence-electron chi connectivity index (χ1n) is 12.0. The average Bonchev–Trinajstić information content (AvgIpc) is 3.41. The molecule has 0 N–H and O–H groups in total. The van der Waals surface area contributed by atoms with Gasteiger partial charge in [0.1, 0.15) is 10.6 Å². The maximum atomic E-state index is 13.7. The van der Waals surface area contributed by atoms with E-state index in [1.54, 1.807) is 24.3 Å². The summed E-state index contributed by atoms with van der Waals surface area (Å²) in [6.45, 7) is 9.00. The van der Waals surface area contributed by atoms with Crippen molar-refractivity contribution < 1.29 is 18.7 Å². The molecule has 8 nitrogen and oxygen atoms in total. The number of fused-ring (bicyclic) bond motifs is 2. The molecule has 1 aliphatic heterocycles. The van der Waals surface area contributed by atoms with Gasteiger partial charge in [-0.3, -0.25) is 14.5 Å². The van der Waals surface area contributed by atoms with Crippen molar-refractivity contribution in [3.8, 4) is 11.5 Å². The van der Waals surface area contributed by atoms with E-state index >= 15 is 0 Å². The zero-order chi connectivity index (χ0) is 25.4. The minimum atomic E-state index is -0.746. The molecule has 9 heteroatoms. The van der Waals surface area contributed by atoms with Crippen LogP contribution in [0.4, 0.5) is 5.13 Å². The predicted octanol–water partition coefficient (Wildman–Crippen LogP) is 5.53. The standard InChI is InChI=1S/C27H27N3O5S/c1-5-33-21-14-17(10-11-20(21)34-13-12-15(2)3)23-22-24(31)18-8-6-7-9-19(18)35-25(22)26(32)30(23)27-29-28-16(4)36-27/h6-11,14-15,23H,5,12-13H2,1-4H3/t23-/m1/s1. The van der Waals surface area contributed by atoms with E-state index < -0.39 is 11.9 Å². The Kier molecular flexibility index (Phi) is 6.49. The summed E-state index contributed by atoms with van der Waals surface area (Å²) in [4.78, 5) is 28.8. The molecule has 3 heterocycles. The number of ether oxygens (including phenoxy) is 2. The second kappa shape index (κ2) is 9.73. The van der Waals surface area contributed by atoms with E-state index in [9.17, 15) is 9.59 Å². The summed E-state index contributed by atoms with van der Waals surface area (Å²) in [5.74, 6) is 1.28. The van der Waals surface area contributed by atoms with Gasteiger partial charge in [-0.2, -0.15) is 0 Å². The van der Waals surface area contributed by atoms with Gasteiger partial charge in [0.25, 0.3) is 5.91 Å². The van der Waals surface area contributed by atoms with Crippen LogP contribution in [0.15, 0.2) is 51.7 Å². The highest BCUT2D eigenvalue weighted by Crippen LogP contribution is 2.44. The minimum absolute atomic E-state index is 0.0202. The highest BCUT2D eigenvalue weighted by molar-refractivity contribution is 7.15. The third-order valence-corrected chi connectivity index (χ3v) is 6.87. The van der Waals surface area contributed by atoms with Crippen LogP contribution >= 0.6 is 11.3 Å². The fraction of sp³-hybridized carbons (Fsp3) is 0.333. The monoisotopic (exact) mass is 505 g/mol. The van der Waals surface area contributed by atoms with Gasteiger partial charge in [-0.25, -0.2) is 0 Å². The molecule has 0 spiro atoms.